The molecule has 0 radical (unpaired) electrons. The van der Waals surface area contributed by atoms with Gasteiger partial charge in [0.15, 0.2) is 11.5 Å². The Bertz CT molecular complexity index is 827. The highest BCUT2D eigenvalue weighted by atomic mass is 19.4. The van der Waals surface area contributed by atoms with Crippen LogP contribution in [0.4, 0.5) is 13.2 Å². The number of hydrogen-bond donors (Lipinski definition) is 0. The summed E-state index contributed by atoms with van der Waals surface area (Å²) in [4.78, 5) is 25.3. The minimum atomic E-state index is -4.75. The van der Waals surface area contributed by atoms with Crippen LogP contribution in [-0.2, 0) is 19.0 Å². The fourth-order valence-electron chi connectivity index (χ4n) is 2.91. The summed E-state index contributed by atoms with van der Waals surface area (Å²) in [6, 6.07) is 5.34. The molecule has 0 saturated carbocycles. The standard InChI is InChI=1S/C17H15F3N2O3/c1-10(23)12-3-2-11-4-6-22(7-5-13(11)8-12)16(24)14-9-25-21-15(14)17(18,19)20/h2-3,8-9H,4-7H2,1H3. The molecule has 1 aliphatic heterocycles. The summed E-state index contributed by atoms with van der Waals surface area (Å²) in [7, 11) is 0. The van der Waals surface area contributed by atoms with Crippen molar-refractivity contribution in [2.75, 3.05) is 13.1 Å². The van der Waals surface area contributed by atoms with E-state index in [2.05, 4.69) is 9.68 Å². The van der Waals surface area contributed by atoms with Gasteiger partial charge >= 0.3 is 6.18 Å². The zero-order valence-corrected chi connectivity index (χ0v) is 13.4. The first kappa shape index (κ1) is 17.2. The van der Waals surface area contributed by atoms with E-state index in [1.54, 1.807) is 12.1 Å². The lowest BCUT2D eigenvalue weighted by molar-refractivity contribution is -0.143. The van der Waals surface area contributed by atoms with Crippen LogP contribution in [0, 0.1) is 0 Å². The van der Waals surface area contributed by atoms with E-state index in [1.165, 1.54) is 11.8 Å². The van der Waals surface area contributed by atoms with E-state index < -0.39 is 23.3 Å². The summed E-state index contributed by atoms with van der Waals surface area (Å²) >= 11 is 0. The third-order valence-electron chi connectivity index (χ3n) is 4.27. The van der Waals surface area contributed by atoms with Gasteiger partial charge < -0.3 is 9.42 Å². The van der Waals surface area contributed by atoms with Gasteiger partial charge in [0.2, 0.25) is 0 Å². The number of Topliss-reactive ketones (excluding diaryl/α,β-unsaturated/α-hetero) is 1. The topological polar surface area (TPSA) is 63.4 Å². The Balaban J connectivity index is 1.81. The number of fused-ring (bicyclic) bond motifs is 1. The maximum absolute atomic E-state index is 12.9. The minimum absolute atomic E-state index is 0.0562. The molecular weight excluding hydrogens is 337 g/mol. The normalized spacial score (nSPS) is 14.8. The average molecular weight is 352 g/mol. The molecule has 0 spiro atoms. The van der Waals surface area contributed by atoms with Crippen LogP contribution in [0.25, 0.3) is 0 Å². The SMILES string of the molecule is CC(=O)c1ccc2c(c1)CCN(C(=O)c1conc1C(F)(F)F)CC2. The Morgan fingerprint density at radius 2 is 1.84 bits per heavy atom. The van der Waals surface area contributed by atoms with Gasteiger partial charge in [-0.2, -0.15) is 13.2 Å². The largest absolute Gasteiger partial charge is 0.437 e. The molecule has 132 valence electrons. The zero-order chi connectivity index (χ0) is 18.2. The highest BCUT2D eigenvalue weighted by Gasteiger charge is 2.40. The Hall–Kier alpha value is -2.64. The molecule has 0 bridgehead atoms. The minimum Gasteiger partial charge on any atom is -0.363 e. The van der Waals surface area contributed by atoms with E-state index >= 15 is 0 Å². The lowest BCUT2D eigenvalue weighted by atomic mass is 9.99. The van der Waals surface area contributed by atoms with Crippen LogP contribution in [0.2, 0.25) is 0 Å². The van der Waals surface area contributed by atoms with Gasteiger partial charge in [0.1, 0.15) is 11.8 Å². The van der Waals surface area contributed by atoms with Crippen molar-refractivity contribution in [3.63, 3.8) is 0 Å². The van der Waals surface area contributed by atoms with Crippen molar-refractivity contribution in [1.82, 2.24) is 10.1 Å². The van der Waals surface area contributed by atoms with E-state index in [0.717, 1.165) is 17.4 Å². The van der Waals surface area contributed by atoms with Gasteiger partial charge in [-0.25, -0.2) is 0 Å². The third-order valence-corrected chi connectivity index (χ3v) is 4.27. The van der Waals surface area contributed by atoms with Gasteiger partial charge in [-0.05, 0) is 37.0 Å². The number of carbonyl (C=O) groups is 2. The fraction of sp³-hybridized carbons (Fsp3) is 0.353. The van der Waals surface area contributed by atoms with E-state index in [4.69, 9.17) is 0 Å². The predicted octanol–water partition coefficient (Wildman–Crippen LogP) is 3.14. The lowest BCUT2D eigenvalue weighted by Gasteiger charge is -2.20. The molecule has 1 aliphatic rings. The molecule has 0 atom stereocenters. The first-order valence-corrected chi connectivity index (χ1v) is 7.71. The lowest BCUT2D eigenvalue weighted by Crippen LogP contribution is -2.34. The Morgan fingerprint density at radius 3 is 2.48 bits per heavy atom. The van der Waals surface area contributed by atoms with Gasteiger partial charge in [-0.3, -0.25) is 9.59 Å². The molecule has 1 aromatic carbocycles. The Morgan fingerprint density at radius 1 is 1.16 bits per heavy atom. The van der Waals surface area contributed by atoms with Crippen molar-refractivity contribution in [1.29, 1.82) is 0 Å². The Labute approximate surface area is 141 Å². The number of amides is 1. The van der Waals surface area contributed by atoms with Crippen molar-refractivity contribution in [3.8, 4) is 0 Å². The highest BCUT2D eigenvalue weighted by molar-refractivity contribution is 5.95. The predicted molar refractivity (Wildman–Crippen MR) is 81.3 cm³/mol. The molecule has 1 amide bonds. The van der Waals surface area contributed by atoms with Gasteiger partial charge in [0.25, 0.3) is 5.91 Å². The van der Waals surface area contributed by atoms with Gasteiger partial charge in [0.05, 0.1) is 0 Å². The second-order valence-electron chi connectivity index (χ2n) is 5.91. The van der Waals surface area contributed by atoms with Gasteiger partial charge in [-0.1, -0.05) is 17.3 Å². The van der Waals surface area contributed by atoms with Crippen molar-refractivity contribution in [2.45, 2.75) is 25.9 Å². The van der Waals surface area contributed by atoms with Crippen LogP contribution < -0.4 is 0 Å². The molecule has 0 fully saturated rings. The van der Waals surface area contributed by atoms with Crippen LogP contribution >= 0.6 is 0 Å². The first-order chi connectivity index (χ1) is 11.8. The van der Waals surface area contributed by atoms with E-state index in [9.17, 15) is 22.8 Å². The van der Waals surface area contributed by atoms with Crippen LogP contribution in [0.3, 0.4) is 0 Å². The smallest absolute Gasteiger partial charge is 0.363 e. The molecule has 0 unspecified atom stereocenters. The maximum Gasteiger partial charge on any atom is 0.437 e. The number of alkyl halides is 3. The summed E-state index contributed by atoms with van der Waals surface area (Å²) in [5.41, 5.74) is 0.615. The van der Waals surface area contributed by atoms with Crippen LogP contribution in [0.5, 0.6) is 0 Å². The molecule has 5 nitrogen and oxygen atoms in total. The van der Waals surface area contributed by atoms with Crippen molar-refractivity contribution in [2.24, 2.45) is 0 Å². The van der Waals surface area contributed by atoms with E-state index in [0.29, 0.717) is 18.4 Å². The number of aromatic nitrogens is 1. The molecule has 2 heterocycles. The van der Waals surface area contributed by atoms with Crippen molar-refractivity contribution < 1.29 is 27.3 Å². The monoisotopic (exact) mass is 352 g/mol. The molecule has 25 heavy (non-hydrogen) atoms. The number of halogens is 3. The molecule has 2 aromatic rings. The van der Waals surface area contributed by atoms with Crippen LogP contribution in [-0.4, -0.2) is 34.8 Å². The van der Waals surface area contributed by atoms with Gasteiger partial charge in [0, 0.05) is 18.7 Å². The number of hydrogen-bond acceptors (Lipinski definition) is 4. The quantitative estimate of drug-likeness (QED) is 0.779. The summed E-state index contributed by atoms with van der Waals surface area (Å²) < 4.78 is 43.1. The third kappa shape index (κ3) is 3.42. The van der Waals surface area contributed by atoms with E-state index in [-0.39, 0.29) is 18.9 Å². The first-order valence-electron chi connectivity index (χ1n) is 7.71. The molecule has 8 heteroatoms. The van der Waals surface area contributed by atoms with Crippen molar-refractivity contribution >= 4 is 11.7 Å². The number of benzene rings is 1. The molecular formula is C17H15F3N2O3. The van der Waals surface area contributed by atoms with Gasteiger partial charge in [-0.15, -0.1) is 0 Å². The van der Waals surface area contributed by atoms with Crippen LogP contribution in [0.15, 0.2) is 29.0 Å². The second-order valence-corrected chi connectivity index (χ2v) is 5.91. The summed E-state index contributed by atoms with van der Waals surface area (Å²) in [5.74, 6) is -0.813. The maximum atomic E-state index is 12.9. The number of carbonyl (C=O) groups excluding carboxylic acids is 2. The molecule has 0 saturated heterocycles. The highest BCUT2D eigenvalue weighted by Crippen LogP contribution is 2.31. The molecule has 1 aromatic heterocycles. The van der Waals surface area contributed by atoms with Crippen LogP contribution in [0.1, 0.15) is 44.5 Å². The summed E-state index contributed by atoms with van der Waals surface area (Å²) in [6.45, 7) is 2.02. The Kier molecular flexibility index (Phi) is 4.36. The van der Waals surface area contributed by atoms with Crippen molar-refractivity contribution in [3.05, 3.63) is 52.4 Å². The zero-order valence-electron chi connectivity index (χ0n) is 13.4. The summed E-state index contributed by atoms with van der Waals surface area (Å²) in [6.07, 6.45) is -3.04. The fourth-order valence-corrected chi connectivity index (χ4v) is 2.91. The second kappa shape index (κ2) is 6.34. The molecule has 3 rings (SSSR count). The average Bonchev–Trinajstić information content (AvgIpc) is 2.95. The molecule has 0 aliphatic carbocycles. The summed E-state index contributed by atoms with van der Waals surface area (Å²) in [5, 5.41) is 2.91. The number of ketones is 1. The molecule has 0 N–H and O–H groups in total. The number of nitrogens with zero attached hydrogens (tertiary/aromatic N) is 2. The van der Waals surface area contributed by atoms with E-state index in [1.807, 2.05) is 6.07 Å². The number of rotatable bonds is 2.